The van der Waals surface area contributed by atoms with Crippen LogP contribution < -0.4 is 10.6 Å². The van der Waals surface area contributed by atoms with E-state index in [-0.39, 0.29) is 29.2 Å². The summed E-state index contributed by atoms with van der Waals surface area (Å²) < 4.78 is 0. The van der Waals surface area contributed by atoms with Gasteiger partial charge in [-0.1, -0.05) is 27.7 Å². The van der Waals surface area contributed by atoms with E-state index in [2.05, 4.69) is 31.4 Å². The summed E-state index contributed by atoms with van der Waals surface area (Å²) in [5.41, 5.74) is -0.161. The molecule has 0 aliphatic heterocycles. The van der Waals surface area contributed by atoms with Crippen molar-refractivity contribution in [3.05, 3.63) is 23.8 Å². The molecule has 0 saturated heterocycles. The van der Waals surface area contributed by atoms with Crippen LogP contribution in [0.4, 0.5) is 5.69 Å². The maximum atomic E-state index is 12.5. The molecule has 0 atom stereocenters. The minimum absolute atomic E-state index is 0.0795. The maximum absolute atomic E-state index is 12.5. The molecule has 6 heteroatoms. The number of aromatic hydroxyl groups is 1. The first kappa shape index (κ1) is 21.2. The first-order valence-electron chi connectivity index (χ1n) is 9.67. The molecule has 1 aliphatic rings. The first-order valence-corrected chi connectivity index (χ1v) is 9.67. The normalized spacial score (nSPS) is 22.9. The Kier molecular flexibility index (Phi) is 6.52. The van der Waals surface area contributed by atoms with Gasteiger partial charge >= 0.3 is 0 Å². The van der Waals surface area contributed by atoms with E-state index in [1.54, 1.807) is 13.0 Å². The molecule has 1 aliphatic carbocycles. The monoisotopic (exact) mass is 376 g/mol. The number of nitrogens with one attached hydrogen (secondary N) is 2. The predicted octanol–water partition coefficient (Wildman–Crippen LogP) is 3.44. The number of benzene rings is 1. The highest BCUT2D eigenvalue weighted by Gasteiger charge is 2.37. The minimum atomic E-state index is -0.916. The molecule has 0 radical (unpaired) electrons. The Morgan fingerprint density at radius 1 is 1.22 bits per heavy atom. The Hall–Kier alpha value is -2.08. The van der Waals surface area contributed by atoms with Crippen molar-refractivity contribution in [2.45, 2.75) is 65.4 Å². The predicted molar refractivity (Wildman–Crippen MR) is 106 cm³/mol. The Labute approximate surface area is 161 Å². The Bertz CT molecular complexity index is 686. The Balaban J connectivity index is 1.97. The van der Waals surface area contributed by atoms with Crippen LogP contribution in [0.1, 0.15) is 70.2 Å². The first-order chi connectivity index (χ1) is 12.5. The van der Waals surface area contributed by atoms with Crippen molar-refractivity contribution in [2.24, 2.45) is 11.3 Å². The van der Waals surface area contributed by atoms with E-state index in [0.29, 0.717) is 30.9 Å². The van der Waals surface area contributed by atoms with Crippen molar-refractivity contribution >= 4 is 17.5 Å². The van der Waals surface area contributed by atoms with Gasteiger partial charge in [0.25, 0.3) is 5.91 Å². The Morgan fingerprint density at radius 3 is 2.41 bits per heavy atom. The number of carbonyl (C=O) groups is 2. The van der Waals surface area contributed by atoms with Gasteiger partial charge in [-0.15, -0.1) is 0 Å². The lowest BCUT2D eigenvalue weighted by molar-refractivity contribution is -0.115. The highest BCUT2D eigenvalue weighted by Crippen LogP contribution is 2.41. The molecule has 2 rings (SSSR count). The number of phenolic OH excluding ortho intramolecular Hbond substituents is 1. The number of rotatable bonds is 5. The van der Waals surface area contributed by atoms with Gasteiger partial charge in [-0.25, -0.2) is 0 Å². The molecular formula is C21H32N2O4. The average molecular weight is 376 g/mol. The third-order valence-corrected chi connectivity index (χ3v) is 5.57. The zero-order chi connectivity index (χ0) is 20.2. The van der Waals surface area contributed by atoms with Crippen LogP contribution in [-0.4, -0.2) is 34.2 Å². The molecular weight excluding hydrogens is 344 g/mol. The molecule has 0 heterocycles. The molecule has 1 aromatic carbocycles. The number of hydrogen-bond acceptors (Lipinski definition) is 4. The second-order valence-electron chi connectivity index (χ2n) is 8.68. The molecule has 1 saturated carbocycles. The number of carbonyl (C=O) groups excluding carboxylic acids is 2. The fourth-order valence-corrected chi connectivity index (χ4v) is 3.58. The molecule has 6 nitrogen and oxygen atoms in total. The summed E-state index contributed by atoms with van der Waals surface area (Å²) in [5.74, 6) is -0.231. The molecule has 4 N–H and O–H groups in total. The van der Waals surface area contributed by atoms with Crippen LogP contribution in [0.3, 0.4) is 0 Å². The van der Waals surface area contributed by atoms with Crippen LogP contribution in [0.5, 0.6) is 5.75 Å². The smallest absolute Gasteiger partial charge is 0.255 e. The largest absolute Gasteiger partial charge is 0.507 e. The zero-order valence-corrected chi connectivity index (χ0v) is 16.8. The molecule has 2 amide bonds. The number of amides is 2. The summed E-state index contributed by atoms with van der Waals surface area (Å²) in [7, 11) is 0. The van der Waals surface area contributed by atoms with Gasteiger partial charge in [0, 0.05) is 18.7 Å². The fourth-order valence-electron chi connectivity index (χ4n) is 3.58. The van der Waals surface area contributed by atoms with Crippen molar-refractivity contribution in [3.8, 4) is 5.75 Å². The van der Waals surface area contributed by atoms with E-state index >= 15 is 0 Å². The molecule has 1 aromatic rings. The van der Waals surface area contributed by atoms with Crippen LogP contribution in [0, 0.1) is 11.3 Å². The molecule has 150 valence electrons. The van der Waals surface area contributed by atoms with E-state index in [0.717, 1.165) is 12.8 Å². The van der Waals surface area contributed by atoms with E-state index < -0.39 is 11.5 Å². The van der Waals surface area contributed by atoms with Gasteiger partial charge < -0.3 is 20.8 Å². The van der Waals surface area contributed by atoms with Crippen molar-refractivity contribution in [3.63, 3.8) is 0 Å². The van der Waals surface area contributed by atoms with Crippen molar-refractivity contribution < 1.29 is 19.8 Å². The second-order valence-corrected chi connectivity index (χ2v) is 8.68. The number of aliphatic hydroxyl groups is 1. The van der Waals surface area contributed by atoms with Crippen molar-refractivity contribution in [1.82, 2.24) is 5.32 Å². The standard InChI is InChI=1S/C21H32N2O4/c1-5-18(25)23-15-6-7-17(24)16(12-15)19(26)22-13-21(27)10-8-14(9-11-21)20(2,3)4/h6-7,12,14,24,27H,5,8-11,13H2,1-4H3,(H,22,26)(H,23,25). The van der Waals surface area contributed by atoms with Gasteiger partial charge in [0.2, 0.25) is 5.91 Å². The molecule has 1 fully saturated rings. The van der Waals surface area contributed by atoms with E-state index in [1.165, 1.54) is 12.1 Å². The SMILES string of the molecule is CCC(=O)Nc1ccc(O)c(C(=O)NCC2(O)CCC(C(C)(C)C)CC2)c1. The zero-order valence-electron chi connectivity index (χ0n) is 16.8. The topological polar surface area (TPSA) is 98.7 Å². The fraction of sp³-hybridized carbons (Fsp3) is 0.619. The average Bonchev–Trinajstić information content (AvgIpc) is 2.61. The Morgan fingerprint density at radius 2 is 1.85 bits per heavy atom. The molecule has 0 bridgehead atoms. The lowest BCUT2D eigenvalue weighted by Gasteiger charge is -2.41. The van der Waals surface area contributed by atoms with Gasteiger partial charge in [0.15, 0.2) is 0 Å². The molecule has 27 heavy (non-hydrogen) atoms. The molecule has 0 aromatic heterocycles. The van der Waals surface area contributed by atoms with Gasteiger partial charge in [0.1, 0.15) is 5.75 Å². The van der Waals surface area contributed by atoms with Gasteiger partial charge in [-0.3, -0.25) is 9.59 Å². The summed E-state index contributed by atoms with van der Waals surface area (Å²) in [6, 6.07) is 4.36. The van der Waals surface area contributed by atoms with Crippen LogP contribution >= 0.6 is 0 Å². The quantitative estimate of drug-likeness (QED) is 0.592. The number of hydrogen-bond donors (Lipinski definition) is 4. The minimum Gasteiger partial charge on any atom is -0.507 e. The summed E-state index contributed by atoms with van der Waals surface area (Å²) in [6.45, 7) is 8.54. The van der Waals surface area contributed by atoms with Crippen LogP contribution in [0.25, 0.3) is 0 Å². The summed E-state index contributed by atoms with van der Waals surface area (Å²) >= 11 is 0. The van der Waals surface area contributed by atoms with Gasteiger partial charge in [0.05, 0.1) is 11.2 Å². The third-order valence-electron chi connectivity index (χ3n) is 5.57. The summed E-state index contributed by atoms with van der Waals surface area (Å²) in [5, 5.41) is 26.2. The van der Waals surface area contributed by atoms with Crippen LogP contribution in [0.15, 0.2) is 18.2 Å². The number of anilines is 1. The van der Waals surface area contributed by atoms with Crippen LogP contribution in [-0.2, 0) is 4.79 Å². The third kappa shape index (κ3) is 5.70. The van der Waals surface area contributed by atoms with E-state index in [9.17, 15) is 19.8 Å². The summed E-state index contributed by atoms with van der Waals surface area (Å²) in [4.78, 5) is 24.0. The van der Waals surface area contributed by atoms with Crippen LogP contribution in [0.2, 0.25) is 0 Å². The molecule has 0 spiro atoms. The van der Waals surface area contributed by atoms with E-state index in [1.807, 2.05) is 0 Å². The number of phenols is 1. The van der Waals surface area contributed by atoms with E-state index in [4.69, 9.17) is 0 Å². The maximum Gasteiger partial charge on any atom is 0.255 e. The highest BCUT2D eigenvalue weighted by molar-refractivity contribution is 5.99. The van der Waals surface area contributed by atoms with Gasteiger partial charge in [-0.05, 0) is 55.2 Å². The second kappa shape index (κ2) is 8.30. The van der Waals surface area contributed by atoms with Crippen molar-refractivity contribution in [2.75, 3.05) is 11.9 Å². The lowest BCUT2D eigenvalue weighted by Crippen LogP contribution is -2.46. The lowest BCUT2D eigenvalue weighted by atomic mass is 9.68. The highest BCUT2D eigenvalue weighted by atomic mass is 16.3. The van der Waals surface area contributed by atoms with Gasteiger partial charge in [-0.2, -0.15) is 0 Å². The van der Waals surface area contributed by atoms with Crippen molar-refractivity contribution in [1.29, 1.82) is 0 Å². The molecule has 0 unspecified atom stereocenters. The summed E-state index contributed by atoms with van der Waals surface area (Å²) in [6.07, 6.45) is 3.48.